The first-order valence-electron chi connectivity index (χ1n) is 5.28. The molecule has 2 aromatic heterocycles. The fourth-order valence-electron chi connectivity index (χ4n) is 1.56. The SMILES string of the molecule is Cc1occc1-c1nc(Cl)c(I)c(C(C)C)n1. The fraction of sp³-hybridized carbons (Fsp3) is 0.333. The summed E-state index contributed by atoms with van der Waals surface area (Å²) in [4.78, 5) is 8.88. The molecule has 2 aromatic rings. The molecule has 17 heavy (non-hydrogen) atoms. The topological polar surface area (TPSA) is 38.9 Å². The van der Waals surface area contributed by atoms with Gasteiger partial charge in [-0.25, -0.2) is 9.97 Å². The fourth-order valence-corrected chi connectivity index (χ4v) is 2.60. The predicted molar refractivity (Wildman–Crippen MR) is 76.3 cm³/mol. The Bertz CT molecular complexity index is 551. The van der Waals surface area contributed by atoms with Crippen molar-refractivity contribution in [2.24, 2.45) is 0 Å². The van der Waals surface area contributed by atoms with E-state index in [-0.39, 0.29) is 0 Å². The second-order valence-electron chi connectivity index (χ2n) is 4.08. The van der Waals surface area contributed by atoms with E-state index in [2.05, 4.69) is 46.4 Å². The van der Waals surface area contributed by atoms with Crippen LogP contribution in [0.25, 0.3) is 11.4 Å². The molecular formula is C12H12ClIN2O. The first-order chi connectivity index (χ1) is 8.00. The lowest BCUT2D eigenvalue weighted by atomic mass is 10.1. The maximum Gasteiger partial charge on any atom is 0.164 e. The zero-order chi connectivity index (χ0) is 12.6. The second kappa shape index (κ2) is 4.94. The summed E-state index contributed by atoms with van der Waals surface area (Å²) < 4.78 is 6.18. The van der Waals surface area contributed by atoms with Crippen LogP contribution in [-0.2, 0) is 0 Å². The zero-order valence-electron chi connectivity index (χ0n) is 9.79. The summed E-state index contributed by atoms with van der Waals surface area (Å²) >= 11 is 8.33. The standard InChI is InChI=1S/C12H12ClIN2O/c1-6(2)10-9(14)11(13)16-12(15-10)8-4-5-17-7(8)3/h4-6H,1-3H3. The van der Waals surface area contributed by atoms with Gasteiger partial charge in [-0.3, -0.25) is 0 Å². The molecule has 3 nitrogen and oxygen atoms in total. The number of hydrogen-bond donors (Lipinski definition) is 0. The molecule has 0 aliphatic rings. The highest BCUT2D eigenvalue weighted by molar-refractivity contribution is 14.1. The first kappa shape index (κ1) is 12.8. The number of furan rings is 1. The highest BCUT2D eigenvalue weighted by atomic mass is 127. The lowest BCUT2D eigenvalue weighted by molar-refractivity contribution is 0.535. The van der Waals surface area contributed by atoms with Crippen LogP contribution in [0.4, 0.5) is 0 Å². The third kappa shape index (κ3) is 2.47. The molecule has 0 fully saturated rings. The highest BCUT2D eigenvalue weighted by Gasteiger charge is 2.16. The number of aromatic nitrogens is 2. The monoisotopic (exact) mass is 362 g/mol. The van der Waals surface area contributed by atoms with Crippen molar-refractivity contribution in [2.45, 2.75) is 26.7 Å². The van der Waals surface area contributed by atoms with Gasteiger partial charge in [-0.2, -0.15) is 0 Å². The van der Waals surface area contributed by atoms with Gasteiger partial charge in [-0.1, -0.05) is 25.4 Å². The second-order valence-corrected chi connectivity index (χ2v) is 5.52. The van der Waals surface area contributed by atoms with Crippen LogP contribution < -0.4 is 0 Å². The largest absolute Gasteiger partial charge is 0.469 e. The molecule has 2 heterocycles. The smallest absolute Gasteiger partial charge is 0.164 e. The van der Waals surface area contributed by atoms with E-state index in [1.165, 1.54) is 0 Å². The molecule has 0 N–H and O–H groups in total. The third-order valence-electron chi connectivity index (χ3n) is 2.48. The molecule has 0 atom stereocenters. The average molecular weight is 363 g/mol. The Hall–Kier alpha value is -0.620. The van der Waals surface area contributed by atoms with E-state index < -0.39 is 0 Å². The van der Waals surface area contributed by atoms with Crippen molar-refractivity contribution in [3.63, 3.8) is 0 Å². The lowest BCUT2D eigenvalue weighted by Gasteiger charge is -2.10. The minimum atomic E-state index is 0.313. The zero-order valence-corrected chi connectivity index (χ0v) is 12.7. The van der Waals surface area contributed by atoms with Gasteiger partial charge in [0.05, 0.1) is 21.1 Å². The van der Waals surface area contributed by atoms with E-state index in [0.29, 0.717) is 16.9 Å². The third-order valence-corrected chi connectivity index (χ3v) is 4.14. The summed E-state index contributed by atoms with van der Waals surface area (Å²) in [6.07, 6.45) is 1.63. The maximum atomic E-state index is 6.14. The molecule has 0 aromatic carbocycles. The lowest BCUT2D eigenvalue weighted by Crippen LogP contribution is -2.02. The van der Waals surface area contributed by atoms with Gasteiger partial charge in [0, 0.05) is 0 Å². The minimum absolute atomic E-state index is 0.313. The Morgan fingerprint density at radius 2 is 2.06 bits per heavy atom. The van der Waals surface area contributed by atoms with Crippen molar-refractivity contribution in [1.29, 1.82) is 0 Å². The molecule has 0 spiro atoms. The number of hydrogen-bond acceptors (Lipinski definition) is 3. The van der Waals surface area contributed by atoms with E-state index >= 15 is 0 Å². The van der Waals surface area contributed by atoms with E-state index in [1.807, 2.05) is 13.0 Å². The average Bonchev–Trinajstić information content (AvgIpc) is 2.68. The summed E-state index contributed by atoms with van der Waals surface area (Å²) in [5.74, 6) is 1.75. The summed E-state index contributed by atoms with van der Waals surface area (Å²) in [5, 5.41) is 0.500. The molecule has 0 aliphatic heterocycles. The van der Waals surface area contributed by atoms with Crippen molar-refractivity contribution >= 4 is 34.2 Å². The van der Waals surface area contributed by atoms with E-state index in [4.69, 9.17) is 16.0 Å². The summed E-state index contributed by atoms with van der Waals surface area (Å²) in [6.45, 7) is 6.07. The van der Waals surface area contributed by atoms with E-state index in [9.17, 15) is 0 Å². The molecule has 0 saturated heterocycles. The van der Waals surface area contributed by atoms with Crippen LogP contribution in [0.2, 0.25) is 5.15 Å². The molecule has 0 bridgehead atoms. The van der Waals surface area contributed by atoms with Gasteiger partial charge in [0.25, 0.3) is 0 Å². The molecule has 0 unspecified atom stereocenters. The molecule has 0 radical (unpaired) electrons. The number of halogens is 2. The van der Waals surface area contributed by atoms with E-state index in [1.54, 1.807) is 6.26 Å². The Kier molecular flexibility index (Phi) is 3.73. The molecule has 5 heteroatoms. The number of rotatable bonds is 2. The van der Waals surface area contributed by atoms with Gasteiger partial charge in [-0.15, -0.1) is 0 Å². The molecule has 0 amide bonds. The molecule has 90 valence electrons. The quantitative estimate of drug-likeness (QED) is 0.586. The van der Waals surface area contributed by atoms with Crippen LogP contribution in [0.3, 0.4) is 0 Å². The van der Waals surface area contributed by atoms with Crippen molar-refractivity contribution < 1.29 is 4.42 Å². The molecule has 0 saturated carbocycles. The predicted octanol–water partition coefficient (Wildman–Crippen LogP) is 4.43. The van der Waals surface area contributed by atoms with Gasteiger partial charge in [0.15, 0.2) is 5.82 Å². The molecule has 2 rings (SSSR count). The summed E-state index contributed by atoms with van der Waals surface area (Å²) in [5.41, 5.74) is 1.87. The van der Waals surface area contributed by atoms with E-state index in [0.717, 1.165) is 20.6 Å². The normalized spacial score (nSPS) is 11.2. The van der Waals surface area contributed by atoms with Gasteiger partial charge < -0.3 is 4.42 Å². The van der Waals surface area contributed by atoms with Crippen LogP contribution in [0, 0.1) is 10.5 Å². The minimum Gasteiger partial charge on any atom is -0.469 e. The van der Waals surface area contributed by atoms with Crippen LogP contribution >= 0.6 is 34.2 Å². The van der Waals surface area contributed by atoms with Crippen LogP contribution in [-0.4, -0.2) is 9.97 Å². The Morgan fingerprint density at radius 1 is 1.35 bits per heavy atom. The van der Waals surface area contributed by atoms with Gasteiger partial charge in [0.1, 0.15) is 10.9 Å². The van der Waals surface area contributed by atoms with Crippen molar-refractivity contribution in [1.82, 2.24) is 9.97 Å². The first-order valence-corrected chi connectivity index (χ1v) is 6.73. The van der Waals surface area contributed by atoms with Crippen LogP contribution in [0.15, 0.2) is 16.7 Å². The van der Waals surface area contributed by atoms with Crippen molar-refractivity contribution in [3.8, 4) is 11.4 Å². The molecular weight excluding hydrogens is 351 g/mol. The summed E-state index contributed by atoms with van der Waals surface area (Å²) in [6, 6.07) is 1.86. The van der Waals surface area contributed by atoms with Gasteiger partial charge in [0.2, 0.25) is 0 Å². The number of nitrogens with zero attached hydrogens (tertiary/aromatic N) is 2. The Balaban J connectivity index is 2.61. The highest BCUT2D eigenvalue weighted by Crippen LogP contribution is 2.29. The van der Waals surface area contributed by atoms with Crippen molar-refractivity contribution in [3.05, 3.63) is 32.5 Å². The number of aryl methyl sites for hydroxylation is 1. The molecule has 0 aliphatic carbocycles. The van der Waals surface area contributed by atoms with Gasteiger partial charge in [-0.05, 0) is 41.5 Å². The summed E-state index contributed by atoms with van der Waals surface area (Å²) in [7, 11) is 0. The van der Waals surface area contributed by atoms with Crippen LogP contribution in [0.5, 0.6) is 0 Å². The Morgan fingerprint density at radius 3 is 2.59 bits per heavy atom. The maximum absolute atomic E-state index is 6.14. The van der Waals surface area contributed by atoms with Crippen molar-refractivity contribution in [2.75, 3.05) is 0 Å². The van der Waals surface area contributed by atoms with Gasteiger partial charge >= 0.3 is 0 Å². The van der Waals surface area contributed by atoms with Crippen LogP contribution in [0.1, 0.15) is 31.2 Å². The Labute approximate surface area is 119 Å².